The van der Waals surface area contributed by atoms with E-state index >= 15 is 0 Å². The van der Waals surface area contributed by atoms with Gasteiger partial charge in [0.1, 0.15) is 6.04 Å². The SMILES string of the molecule is Cc1cc(C)c(NC(=O)Nc2cc(-c3ccc(F)c(F)c3)ccc2C(=O)N[C@@H](CCC(=O)O)C(=O)O)c(C)c1. The van der Waals surface area contributed by atoms with E-state index in [0.717, 1.165) is 28.8 Å². The lowest BCUT2D eigenvalue weighted by molar-refractivity contribution is -0.140. The van der Waals surface area contributed by atoms with Gasteiger partial charge in [0.25, 0.3) is 5.91 Å². The molecule has 0 saturated heterocycles. The van der Waals surface area contributed by atoms with Gasteiger partial charge in [-0.2, -0.15) is 0 Å². The second-order valence-electron chi connectivity index (χ2n) is 9.04. The zero-order valence-electron chi connectivity index (χ0n) is 21.4. The van der Waals surface area contributed by atoms with Gasteiger partial charge in [0.2, 0.25) is 0 Å². The first kappa shape index (κ1) is 28.8. The molecule has 0 spiro atoms. The lowest BCUT2D eigenvalue weighted by atomic mass is 10.0. The lowest BCUT2D eigenvalue weighted by Crippen LogP contribution is -2.41. The van der Waals surface area contributed by atoms with Crippen LogP contribution in [0.3, 0.4) is 0 Å². The average molecular weight is 540 g/mol. The third-order valence-electron chi connectivity index (χ3n) is 5.93. The van der Waals surface area contributed by atoms with Crippen molar-refractivity contribution < 1.29 is 38.2 Å². The molecule has 0 unspecified atom stereocenters. The molecule has 1 atom stereocenters. The fourth-order valence-electron chi connectivity index (χ4n) is 4.11. The number of benzene rings is 3. The van der Waals surface area contributed by atoms with Crippen LogP contribution in [-0.2, 0) is 9.59 Å². The molecule has 0 fully saturated rings. The molecule has 0 aliphatic heterocycles. The van der Waals surface area contributed by atoms with Gasteiger partial charge in [-0.1, -0.05) is 29.8 Å². The van der Waals surface area contributed by atoms with Gasteiger partial charge in [0.15, 0.2) is 11.6 Å². The predicted octanol–water partition coefficient (Wildman–Crippen LogP) is 5.25. The summed E-state index contributed by atoms with van der Waals surface area (Å²) in [4.78, 5) is 48.5. The molecule has 204 valence electrons. The normalized spacial score (nSPS) is 11.4. The Balaban J connectivity index is 1.97. The van der Waals surface area contributed by atoms with Crippen LogP contribution in [0.25, 0.3) is 11.1 Å². The van der Waals surface area contributed by atoms with Crippen molar-refractivity contribution in [2.75, 3.05) is 10.6 Å². The molecule has 0 heterocycles. The number of carboxylic acid groups (broad SMARTS) is 2. The van der Waals surface area contributed by atoms with Crippen LogP contribution >= 0.6 is 0 Å². The van der Waals surface area contributed by atoms with Gasteiger partial charge in [-0.25, -0.2) is 18.4 Å². The Morgan fingerprint density at radius 1 is 0.821 bits per heavy atom. The molecule has 0 aliphatic carbocycles. The zero-order valence-corrected chi connectivity index (χ0v) is 21.4. The molecule has 3 rings (SSSR count). The quantitative estimate of drug-likeness (QED) is 0.251. The fraction of sp³-hybridized carbons (Fsp3) is 0.214. The van der Waals surface area contributed by atoms with Crippen LogP contribution in [0.2, 0.25) is 0 Å². The number of urea groups is 1. The molecule has 3 aromatic rings. The van der Waals surface area contributed by atoms with Crippen molar-refractivity contribution in [1.29, 1.82) is 0 Å². The van der Waals surface area contributed by atoms with Gasteiger partial charge < -0.3 is 26.2 Å². The summed E-state index contributed by atoms with van der Waals surface area (Å²) in [7, 11) is 0. The molecule has 0 aliphatic rings. The Labute approximate surface area is 222 Å². The maximum absolute atomic E-state index is 13.9. The van der Waals surface area contributed by atoms with Crippen LogP contribution in [0.4, 0.5) is 25.0 Å². The monoisotopic (exact) mass is 539 g/mol. The molecular formula is C28H27F2N3O6. The van der Waals surface area contributed by atoms with Gasteiger partial charge in [-0.05, 0) is 73.7 Å². The van der Waals surface area contributed by atoms with Crippen LogP contribution < -0.4 is 16.0 Å². The van der Waals surface area contributed by atoms with E-state index in [-0.39, 0.29) is 23.2 Å². The summed E-state index contributed by atoms with van der Waals surface area (Å²) in [5, 5.41) is 25.9. The van der Waals surface area contributed by atoms with Gasteiger partial charge in [-0.15, -0.1) is 0 Å². The second kappa shape index (κ2) is 12.2. The van der Waals surface area contributed by atoms with Crippen LogP contribution in [0, 0.1) is 32.4 Å². The minimum atomic E-state index is -1.50. The Morgan fingerprint density at radius 3 is 2.03 bits per heavy atom. The van der Waals surface area contributed by atoms with Crippen molar-refractivity contribution in [2.45, 2.75) is 39.7 Å². The van der Waals surface area contributed by atoms with E-state index in [1.165, 1.54) is 24.3 Å². The molecule has 0 aromatic heterocycles. The van der Waals surface area contributed by atoms with Crippen molar-refractivity contribution in [2.24, 2.45) is 0 Å². The van der Waals surface area contributed by atoms with Gasteiger partial charge in [0, 0.05) is 12.1 Å². The maximum Gasteiger partial charge on any atom is 0.326 e. The van der Waals surface area contributed by atoms with Gasteiger partial charge >= 0.3 is 18.0 Å². The number of carboxylic acids is 2. The summed E-state index contributed by atoms with van der Waals surface area (Å²) >= 11 is 0. The predicted molar refractivity (Wildman–Crippen MR) is 141 cm³/mol. The largest absolute Gasteiger partial charge is 0.481 e. The molecule has 0 radical (unpaired) electrons. The first-order chi connectivity index (χ1) is 18.3. The third-order valence-corrected chi connectivity index (χ3v) is 5.93. The van der Waals surface area contributed by atoms with Crippen molar-refractivity contribution in [3.05, 3.63) is 82.4 Å². The average Bonchev–Trinajstić information content (AvgIpc) is 2.85. The number of nitrogens with one attached hydrogen (secondary N) is 3. The molecule has 11 heteroatoms. The fourth-order valence-corrected chi connectivity index (χ4v) is 4.11. The van der Waals surface area contributed by atoms with Crippen molar-refractivity contribution in [1.82, 2.24) is 5.32 Å². The lowest BCUT2D eigenvalue weighted by Gasteiger charge is -2.18. The highest BCUT2D eigenvalue weighted by Gasteiger charge is 2.24. The van der Waals surface area contributed by atoms with Crippen LogP contribution in [0.5, 0.6) is 0 Å². The highest BCUT2D eigenvalue weighted by molar-refractivity contribution is 6.08. The van der Waals surface area contributed by atoms with E-state index in [2.05, 4.69) is 16.0 Å². The van der Waals surface area contributed by atoms with E-state index < -0.39 is 48.0 Å². The van der Waals surface area contributed by atoms with Crippen molar-refractivity contribution in [3.8, 4) is 11.1 Å². The number of halogens is 2. The summed E-state index contributed by atoms with van der Waals surface area (Å²) in [6.45, 7) is 5.56. The molecule has 0 saturated carbocycles. The van der Waals surface area contributed by atoms with E-state index in [1.54, 1.807) is 0 Å². The molecule has 3 amide bonds. The molecule has 0 bridgehead atoms. The van der Waals surface area contributed by atoms with E-state index in [1.807, 2.05) is 32.9 Å². The summed E-state index contributed by atoms with van der Waals surface area (Å²) in [5.41, 5.74) is 3.60. The molecule has 9 nitrogen and oxygen atoms in total. The number of aryl methyl sites for hydroxylation is 3. The van der Waals surface area contributed by atoms with E-state index in [4.69, 9.17) is 5.11 Å². The molecule has 5 N–H and O–H groups in total. The minimum absolute atomic E-state index is 0.0444. The minimum Gasteiger partial charge on any atom is -0.481 e. The van der Waals surface area contributed by atoms with Crippen LogP contribution in [0.15, 0.2) is 48.5 Å². The smallest absolute Gasteiger partial charge is 0.326 e. The number of carbonyl (C=O) groups is 4. The number of hydrogen-bond donors (Lipinski definition) is 5. The van der Waals surface area contributed by atoms with Gasteiger partial charge in [0.05, 0.1) is 11.3 Å². The molecule has 39 heavy (non-hydrogen) atoms. The van der Waals surface area contributed by atoms with E-state index in [9.17, 15) is 33.1 Å². The van der Waals surface area contributed by atoms with Gasteiger partial charge in [-0.3, -0.25) is 9.59 Å². The summed E-state index contributed by atoms with van der Waals surface area (Å²) < 4.78 is 27.3. The number of hydrogen-bond acceptors (Lipinski definition) is 4. The summed E-state index contributed by atoms with van der Waals surface area (Å²) in [6.07, 6.45) is -0.854. The Bertz CT molecular complexity index is 1430. The van der Waals surface area contributed by atoms with Crippen LogP contribution in [-0.4, -0.2) is 40.1 Å². The summed E-state index contributed by atoms with van der Waals surface area (Å²) in [6, 6.07) is 8.86. The Morgan fingerprint density at radius 2 is 1.44 bits per heavy atom. The second-order valence-corrected chi connectivity index (χ2v) is 9.04. The van der Waals surface area contributed by atoms with Crippen LogP contribution in [0.1, 0.15) is 39.9 Å². The molecular weight excluding hydrogens is 512 g/mol. The summed E-state index contributed by atoms with van der Waals surface area (Å²) in [5.74, 6) is -5.68. The first-order valence-corrected chi connectivity index (χ1v) is 11.9. The van der Waals surface area contributed by atoms with Crippen molar-refractivity contribution >= 4 is 35.3 Å². The standard InChI is InChI=1S/C28H27F2N3O6/c1-14-10-15(2)25(16(3)11-14)33-28(39)32-23-13-18(17-5-7-20(29)21(30)12-17)4-6-19(23)26(36)31-22(27(37)38)8-9-24(34)35/h4-7,10-13,22H,8-9H2,1-3H3,(H,31,36)(H,34,35)(H,37,38)(H2,32,33,39)/t22-/m0/s1. The number of anilines is 2. The highest BCUT2D eigenvalue weighted by Crippen LogP contribution is 2.28. The topological polar surface area (TPSA) is 145 Å². The number of aliphatic carboxylic acids is 2. The third kappa shape index (κ3) is 7.37. The molecule has 3 aromatic carbocycles. The number of amides is 3. The highest BCUT2D eigenvalue weighted by atomic mass is 19.2. The van der Waals surface area contributed by atoms with Crippen molar-refractivity contribution in [3.63, 3.8) is 0 Å². The maximum atomic E-state index is 13.9. The Hall–Kier alpha value is -4.80. The number of carbonyl (C=O) groups excluding carboxylic acids is 2. The number of rotatable bonds is 9. The Kier molecular flexibility index (Phi) is 8.97. The zero-order chi connectivity index (χ0) is 28.9. The van der Waals surface area contributed by atoms with E-state index in [0.29, 0.717) is 11.3 Å². The first-order valence-electron chi connectivity index (χ1n) is 11.9.